The Kier molecular flexibility index (Phi) is 6.83. The Bertz CT molecular complexity index is 377. The van der Waals surface area contributed by atoms with E-state index in [2.05, 4.69) is 30.6 Å². The van der Waals surface area contributed by atoms with E-state index in [0.29, 0.717) is 6.54 Å². The van der Waals surface area contributed by atoms with Gasteiger partial charge in [0.1, 0.15) is 0 Å². The molecule has 0 bridgehead atoms. The van der Waals surface area contributed by atoms with Gasteiger partial charge in [0.15, 0.2) is 0 Å². The molecule has 2 rings (SSSR count). The van der Waals surface area contributed by atoms with Crippen LogP contribution in [0.4, 0.5) is 0 Å². The van der Waals surface area contributed by atoms with E-state index in [1.165, 1.54) is 17.7 Å². The third kappa shape index (κ3) is 5.51. The van der Waals surface area contributed by atoms with Gasteiger partial charge in [-0.3, -0.25) is 4.79 Å². The average Bonchev–Trinajstić information content (AvgIpc) is 3.00. The van der Waals surface area contributed by atoms with Gasteiger partial charge in [-0.05, 0) is 50.6 Å². The topological polar surface area (TPSA) is 32.3 Å². The van der Waals surface area contributed by atoms with Crippen molar-refractivity contribution in [1.82, 2.24) is 10.2 Å². The van der Waals surface area contributed by atoms with Crippen LogP contribution in [0.5, 0.6) is 0 Å². The van der Waals surface area contributed by atoms with Gasteiger partial charge in [-0.1, -0.05) is 6.07 Å². The number of carbonyl (C=O) groups excluding carboxylic acids is 1. The fraction of sp³-hybridized carbons (Fsp3) is 0.643. The van der Waals surface area contributed by atoms with Crippen LogP contribution < -0.4 is 5.32 Å². The van der Waals surface area contributed by atoms with Crippen LogP contribution in [-0.2, 0) is 11.3 Å². The molecule has 1 aromatic heterocycles. The summed E-state index contributed by atoms with van der Waals surface area (Å²) in [5.74, 6) is 1.03. The molecule has 108 valence electrons. The second-order valence-electron chi connectivity index (χ2n) is 5.27. The first kappa shape index (κ1) is 16.5. The van der Waals surface area contributed by atoms with Crippen molar-refractivity contribution in [3.63, 3.8) is 0 Å². The third-order valence-corrected chi connectivity index (χ3v) is 4.12. The molecule has 1 amide bonds. The first-order valence-corrected chi connectivity index (χ1v) is 7.57. The minimum Gasteiger partial charge on any atom is -0.334 e. The molecule has 1 heterocycles. The zero-order chi connectivity index (χ0) is 13.0. The largest absolute Gasteiger partial charge is 0.334 e. The SMILES string of the molecule is CC(C)N(Cc1cccs1)C(=O)CNCC1CC1.Cl. The molecule has 5 heteroatoms. The first-order chi connectivity index (χ1) is 8.66. The highest BCUT2D eigenvalue weighted by molar-refractivity contribution is 7.09. The van der Waals surface area contributed by atoms with E-state index in [4.69, 9.17) is 0 Å². The van der Waals surface area contributed by atoms with E-state index >= 15 is 0 Å². The normalized spacial score (nSPS) is 14.3. The zero-order valence-electron chi connectivity index (χ0n) is 11.6. The number of thiophene rings is 1. The molecule has 0 aliphatic heterocycles. The van der Waals surface area contributed by atoms with Gasteiger partial charge < -0.3 is 10.2 Å². The third-order valence-electron chi connectivity index (χ3n) is 3.26. The molecule has 0 saturated heterocycles. The Labute approximate surface area is 125 Å². The molecule has 0 aromatic carbocycles. The molecule has 1 N–H and O–H groups in total. The number of amides is 1. The lowest BCUT2D eigenvalue weighted by molar-refractivity contribution is -0.132. The lowest BCUT2D eigenvalue weighted by Gasteiger charge is -2.26. The van der Waals surface area contributed by atoms with Crippen molar-refractivity contribution in [3.8, 4) is 0 Å². The average molecular weight is 303 g/mol. The van der Waals surface area contributed by atoms with E-state index in [1.54, 1.807) is 11.3 Å². The summed E-state index contributed by atoms with van der Waals surface area (Å²) in [4.78, 5) is 15.4. The number of carbonyl (C=O) groups is 1. The number of hydrogen-bond acceptors (Lipinski definition) is 3. The van der Waals surface area contributed by atoms with Crippen molar-refractivity contribution in [2.45, 2.75) is 39.3 Å². The van der Waals surface area contributed by atoms with E-state index in [-0.39, 0.29) is 24.4 Å². The Balaban J connectivity index is 0.00000180. The summed E-state index contributed by atoms with van der Waals surface area (Å²) in [6, 6.07) is 4.38. The molecule has 0 atom stereocenters. The van der Waals surface area contributed by atoms with Crippen molar-refractivity contribution in [1.29, 1.82) is 0 Å². The molecule has 1 saturated carbocycles. The molecule has 0 unspecified atom stereocenters. The maximum atomic E-state index is 12.2. The van der Waals surface area contributed by atoms with Gasteiger partial charge in [-0.15, -0.1) is 23.7 Å². The smallest absolute Gasteiger partial charge is 0.237 e. The van der Waals surface area contributed by atoms with E-state index in [9.17, 15) is 4.79 Å². The standard InChI is InChI=1S/C14H22N2OS.ClH/c1-11(2)16(10-13-4-3-7-18-13)14(17)9-15-8-12-5-6-12;/h3-4,7,11-12,15H,5-6,8-10H2,1-2H3;1H. The van der Waals surface area contributed by atoms with Crippen LogP contribution in [0.1, 0.15) is 31.6 Å². The second-order valence-corrected chi connectivity index (χ2v) is 6.30. The molecule has 1 aliphatic rings. The minimum absolute atomic E-state index is 0. The van der Waals surface area contributed by atoms with Gasteiger partial charge in [-0.2, -0.15) is 0 Å². The lowest BCUT2D eigenvalue weighted by atomic mass is 10.3. The van der Waals surface area contributed by atoms with Crippen LogP contribution in [0, 0.1) is 5.92 Å². The van der Waals surface area contributed by atoms with Gasteiger partial charge >= 0.3 is 0 Å². The summed E-state index contributed by atoms with van der Waals surface area (Å²) in [7, 11) is 0. The predicted molar refractivity (Wildman–Crippen MR) is 82.8 cm³/mol. The minimum atomic E-state index is 0. The van der Waals surface area contributed by atoms with Gasteiger partial charge in [-0.25, -0.2) is 0 Å². The van der Waals surface area contributed by atoms with Crippen LogP contribution in [0.15, 0.2) is 17.5 Å². The molecule has 0 spiro atoms. The summed E-state index contributed by atoms with van der Waals surface area (Å²) in [5.41, 5.74) is 0. The van der Waals surface area contributed by atoms with Crippen molar-refractivity contribution >= 4 is 29.7 Å². The van der Waals surface area contributed by atoms with Crippen LogP contribution >= 0.6 is 23.7 Å². The molecule has 1 aromatic rings. The Hall–Kier alpha value is -0.580. The predicted octanol–water partition coefficient (Wildman–Crippen LogP) is 2.91. The first-order valence-electron chi connectivity index (χ1n) is 6.69. The van der Waals surface area contributed by atoms with E-state index in [0.717, 1.165) is 19.0 Å². The molecular formula is C14H23ClN2OS. The van der Waals surface area contributed by atoms with Crippen molar-refractivity contribution in [2.75, 3.05) is 13.1 Å². The van der Waals surface area contributed by atoms with Crippen molar-refractivity contribution in [2.24, 2.45) is 5.92 Å². The highest BCUT2D eigenvalue weighted by Crippen LogP contribution is 2.27. The van der Waals surface area contributed by atoms with Crippen LogP contribution in [-0.4, -0.2) is 29.9 Å². The monoisotopic (exact) mass is 302 g/mol. The van der Waals surface area contributed by atoms with E-state index in [1.807, 2.05) is 11.0 Å². The molecule has 1 fully saturated rings. The number of nitrogens with one attached hydrogen (secondary N) is 1. The number of rotatable bonds is 7. The molecular weight excluding hydrogens is 280 g/mol. The van der Waals surface area contributed by atoms with Crippen molar-refractivity contribution in [3.05, 3.63) is 22.4 Å². The Morgan fingerprint density at radius 1 is 1.53 bits per heavy atom. The van der Waals surface area contributed by atoms with Gasteiger partial charge in [0.2, 0.25) is 5.91 Å². The summed E-state index contributed by atoms with van der Waals surface area (Å²) in [6.45, 7) is 6.36. The van der Waals surface area contributed by atoms with E-state index < -0.39 is 0 Å². The fourth-order valence-corrected chi connectivity index (χ4v) is 2.64. The van der Waals surface area contributed by atoms with Crippen molar-refractivity contribution < 1.29 is 4.79 Å². The second kappa shape index (κ2) is 7.88. The summed E-state index contributed by atoms with van der Waals surface area (Å²) in [5, 5.41) is 5.33. The van der Waals surface area contributed by atoms with Crippen LogP contribution in [0.25, 0.3) is 0 Å². The summed E-state index contributed by atoms with van der Waals surface area (Å²) >= 11 is 1.71. The lowest BCUT2D eigenvalue weighted by Crippen LogP contribution is -2.42. The Morgan fingerprint density at radius 3 is 2.79 bits per heavy atom. The highest BCUT2D eigenvalue weighted by atomic mass is 35.5. The number of hydrogen-bond donors (Lipinski definition) is 1. The zero-order valence-corrected chi connectivity index (χ0v) is 13.2. The fourth-order valence-electron chi connectivity index (χ4n) is 1.94. The number of nitrogens with zero attached hydrogens (tertiary/aromatic N) is 1. The van der Waals surface area contributed by atoms with Crippen LogP contribution in [0.2, 0.25) is 0 Å². The molecule has 3 nitrogen and oxygen atoms in total. The molecule has 1 aliphatic carbocycles. The maximum Gasteiger partial charge on any atom is 0.237 e. The molecule has 19 heavy (non-hydrogen) atoms. The van der Waals surface area contributed by atoms with Gasteiger partial charge in [0.05, 0.1) is 13.1 Å². The maximum absolute atomic E-state index is 12.2. The molecule has 0 radical (unpaired) electrons. The van der Waals surface area contributed by atoms with Gasteiger partial charge in [0.25, 0.3) is 0 Å². The van der Waals surface area contributed by atoms with Gasteiger partial charge in [0, 0.05) is 10.9 Å². The summed E-state index contributed by atoms with van der Waals surface area (Å²) < 4.78 is 0. The quantitative estimate of drug-likeness (QED) is 0.840. The Morgan fingerprint density at radius 2 is 2.26 bits per heavy atom. The number of halogens is 1. The highest BCUT2D eigenvalue weighted by Gasteiger charge is 2.22. The summed E-state index contributed by atoms with van der Waals surface area (Å²) in [6.07, 6.45) is 2.65. The van der Waals surface area contributed by atoms with Crippen LogP contribution in [0.3, 0.4) is 0 Å².